The Kier molecular flexibility index (Phi) is 5.99. The zero-order chi connectivity index (χ0) is 18.6. The van der Waals surface area contributed by atoms with E-state index in [1.807, 2.05) is 6.92 Å². The van der Waals surface area contributed by atoms with E-state index < -0.39 is 21.0 Å². The van der Waals surface area contributed by atoms with Crippen LogP contribution in [0.1, 0.15) is 12.5 Å². The molecule has 0 bridgehead atoms. The monoisotopic (exact) mass is 378 g/mol. The van der Waals surface area contributed by atoms with Gasteiger partial charge < -0.3 is 0 Å². The Morgan fingerprint density at radius 1 is 1.16 bits per heavy atom. The van der Waals surface area contributed by atoms with Crippen LogP contribution in [0.2, 0.25) is 0 Å². The highest BCUT2D eigenvalue weighted by Crippen LogP contribution is 2.32. The molecule has 8 heteroatoms. The van der Waals surface area contributed by atoms with Crippen molar-refractivity contribution in [2.24, 2.45) is 0 Å². The molecule has 6 nitrogen and oxygen atoms in total. The highest BCUT2D eigenvalue weighted by atomic mass is 32.3. The first kappa shape index (κ1) is 19.2. The van der Waals surface area contributed by atoms with Gasteiger partial charge >= 0.3 is 0 Å². The molecule has 2 aromatic rings. The van der Waals surface area contributed by atoms with Gasteiger partial charge in [0, 0.05) is 17.0 Å². The van der Waals surface area contributed by atoms with Gasteiger partial charge in [0.15, 0.2) is 0 Å². The quantitative estimate of drug-likeness (QED) is 0.312. The fourth-order valence-electron chi connectivity index (χ4n) is 1.98. The van der Waals surface area contributed by atoms with Crippen LogP contribution in [0.25, 0.3) is 0 Å². The van der Waals surface area contributed by atoms with E-state index in [-0.39, 0.29) is 10.6 Å². The number of non-ortho nitro benzene ring substituents is 1. The third kappa shape index (κ3) is 4.47. The number of hydrogen-bond donors (Lipinski definition) is 0. The van der Waals surface area contributed by atoms with Crippen LogP contribution in [-0.4, -0.2) is 23.1 Å². The second-order valence-electron chi connectivity index (χ2n) is 5.39. The Morgan fingerprint density at radius 3 is 2.20 bits per heavy atom. The standard InChI is InChI=1S/C17H18N2O4S2/c1-4-14(3)19(24-16-9-7-15(8-10-16)18(20)21)25(22,23)17-11-5-13(2)6-12-17/h4-12,14H,1H2,2-3H3. The van der Waals surface area contributed by atoms with Gasteiger partial charge in [0.1, 0.15) is 0 Å². The van der Waals surface area contributed by atoms with Crippen molar-refractivity contribution in [2.75, 3.05) is 0 Å². The topological polar surface area (TPSA) is 80.5 Å². The van der Waals surface area contributed by atoms with E-state index in [1.165, 1.54) is 34.1 Å². The van der Waals surface area contributed by atoms with Gasteiger partial charge in [0.25, 0.3) is 15.7 Å². The van der Waals surface area contributed by atoms with Crippen LogP contribution in [0.3, 0.4) is 0 Å². The van der Waals surface area contributed by atoms with Gasteiger partial charge in [-0.1, -0.05) is 23.8 Å². The summed E-state index contributed by atoms with van der Waals surface area (Å²) in [6.07, 6.45) is 1.53. The lowest BCUT2D eigenvalue weighted by Crippen LogP contribution is -2.31. The number of hydrogen-bond acceptors (Lipinski definition) is 5. The Balaban J connectivity index is 2.37. The number of aryl methyl sites for hydroxylation is 1. The van der Waals surface area contributed by atoms with Crippen LogP contribution >= 0.6 is 11.9 Å². The lowest BCUT2D eigenvalue weighted by Gasteiger charge is -2.25. The van der Waals surface area contributed by atoms with E-state index >= 15 is 0 Å². The maximum Gasteiger partial charge on any atom is 0.269 e. The van der Waals surface area contributed by atoms with Gasteiger partial charge in [-0.25, -0.2) is 8.42 Å². The maximum absolute atomic E-state index is 13.0. The number of nitro groups is 1. The molecule has 0 heterocycles. The summed E-state index contributed by atoms with van der Waals surface area (Å²) in [6.45, 7) is 7.27. The molecular weight excluding hydrogens is 360 g/mol. The lowest BCUT2D eigenvalue weighted by atomic mass is 10.2. The van der Waals surface area contributed by atoms with E-state index in [2.05, 4.69) is 6.58 Å². The largest absolute Gasteiger partial charge is 0.269 e. The fraction of sp³-hybridized carbons (Fsp3) is 0.176. The fourth-order valence-corrected chi connectivity index (χ4v) is 4.82. The summed E-state index contributed by atoms with van der Waals surface area (Å²) in [4.78, 5) is 11.0. The Bertz CT molecular complexity index is 863. The highest BCUT2D eigenvalue weighted by molar-refractivity contribution is 8.08. The van der Waals surface area contributed by atoms with Crippen LogP contribution in [0, 0.1) is 17.0 Å². The molecule has 1 unspecified atom stereocenters. The van der Waals surface area contributed by atoms with Crippen molar-refractivity contribution in [1.82, 2.24) is 3.71 Å². The number of rotatable bonds is 7. The smallest absolute Gasteiger partial charge is 0.258 e. The molecule has 0 saturated carbocycles. The molecule has 1 atom stereocenters. The summed E-state index contributed by atoms with van der Waals surface area (Å²) < 4.78 is 27.2. The SMILES string of the molecule is C=CC(C)N(Sc1ccc([N+](=O)[O-])cc1)S(=O)(=O)c1ccc(C)cc1. The molecule has 0 amide bonds. The van der Waals surface area contributed by atoms with Gasteiger partial charge in [-0.2, -0.15) is 0 Å². The molecule has 0 aliphatic rings. The summed E-state index contributed by atoms with van der Waals surface area (Å²) in [7, 11) is -3.76. The third-order valence-corrected chi connectivity index (χ3v) is 6.95. The molecular formula is C17H18N2O4S2. The van der Waals surface area contributed by atoms with Crippen molar-refractivity contribution >= 4 is 27.7 Å². The number of nitro benzene ring substituents is 1. The van der Waals surface area contributed by atoms with E-state index in [0.29, 0.717) is 4.90 Å². The molecule has 0 spiro atoms. The number of sulfonamides is 1. The van der Waals surface area contributed by atoms with Crippen LogP contribution in [0.5, 0.6) is 0 Å². The summed E-state index contributed by atoms with van der Waals surface area (Å²) in [5.41, 5.74) is 0.916. The Labute approximate surface area is 151 Å². The molecule has 0 aromatic heterocycles. The molecule has 0 saturated heterocycles. The average molecular weight is 378 g/mol. The predicted octanol–water partition coefficient (Wildman–Crippen LogP) is 4.18. The van der Waals surface area contributed by atoms with Crippen molar-refractivity contribution in [3.8, 4) is 0 Å². The zero-order valence-corrected chi connectivity index (χ0v) is 15.5. The summed E-state index contributed by atoms with van der Waals surface area (Å²) in [5, 5.41) is 10.7. The summed E-state index contributed by atoms with van der Waals surface area (Å²) in [6, 6.07) is 11.9. The molecule has 2 aromatic carbocycles. The first-order valence-electron chi connectivity index (χ1n) is 7.42. The van der Waals surface area contributed by atoms with E-state index in [0.717, 1.165) is 17.5 Å². The molecule has 132 valence electrons. The van der Waals surface area contributed by atoms with E-state index in [9.17, 15) is 18.5 Å². The third-order valence-electron chi connectivity index (χ3n) is 3.47. The molecule has 0 aliphatic heterocycles. The van der Waals surface area contributed by atoms with E-state index in [1.54, 1.807) is 31.2 Å². The molecule has 2 rings (SSSR count). The second kappa shape index (κ2) is 7.81. The van der Waals surface area contributed by atoms with Gasteiger partial charge in [0.2, 0.25) is 0 Å². The van der Waals surface area contributed by atoms with Gasteiger partial charge in [-0.15, -0.1) is 10.3 Å². The van der Waals surface area contributed by atoms with Crippen LogP contribution in [0.15, 0.2) is 71.0 Å². The summed E-state index contributed by atoms with van der Waals surface area (Å²) in [5.74, 6) is 0. The summed E-state index contributed by atoms with van der Waals surface area (Å²) >= 11 is 0.999. The van der Waals surface area contributed by atoms with Crippen molar-refractivity contribution in [1.29, 1.82) is 0 Å². The molecule has 0 aliphatic carbocycles. The lowest BCUT2D eigenvalue weighted by molar-refractivity contribution is -0.384. The molecule has 0 radical (unpaired) electrons. The van der Waals surface area contributed by atoms with Crippen molar-refractivity contribution in [2.45, 2.75) is 29.7 Å². The molecule has 0 fully saturated rings. The van der Waals surface area contributed by atoms with Crippen molar-refractivity contribution in [3.63, 3.8) is 0 Å². The average Bonchev–Trinajstić information content (AvgIpc) is 2.59. The normalized spacial score (nSPS) is 12.8. The maximum atomic E-state index is 13.0. The first-order valence-corrected chi connectivity index (χ1v) is 9.63. The van der Waals surface area contributed by atoms with Crippen molar-refractivity contribution < 1.29 is 13.3 Å². The van der Waals surface area contributed by atoms with Gasteiger partial charge in [-0.05, 0) is 50.1 Å². The van der Waals surface area contributed by atoms with Crippen LogP contribution in [-0.2, 0) is 10.0 Å². The number of nitrogens with zero attached hydrogens (tertiary/aromatic N) is 2. The van der Waals surface area contributed by atoms with E-state index in [4.69, 9.17) is 0 Å². The van der Waals surface area contributed by atoms with Gasteiger partial charge in [0.05, 0.1) is 15.9 Å². The Hall–Kier alpha value is -2.16. The van der Waals surface area contributed by atoms with Gasteiger partial charge in [-0.3, -0.25) is 10.1 Å². The van der Waals surface area contributed by atoms with Crippen molar-refractivity contribution in [3.05, 3.63) is 76.9 Å². The number of benzene rings is 2. The zero-order valence-electron chi connectivity index (χ0n) is 13.8. The van der Waals surface area contributed by atoms with Crippen LogP contribution < -0.4 is 0 Å². The molecule has 25 heavy (non-hydrogen) atoms. The highest BCUT2D eigenvalue weighted by Gasteiger charge is 2.29. The minimum absolute atomic E-state index is 0.0472. The minimum Gasteiger partial charge on any atom is -0.258 e. The Morgan fingerprint density at radius 2 is 1.72 bits per heavy atom. The first-order chi connectivity index (χ1) is 11.8. The molecule has 0 N–H and O–H groups in total. The predicted molar refractivity (Wildman–Crippen MR) is 98.8 cm³/mol. The minimum atomic E-state index is -3.76. The van der Waals surface area contributed by atoms with Crippen LogP contribution in [0.4, 0.5) is 5.69 Å². The second-order valence-corrected chi connectivity index (χ2v) is 8.49.